The van der Waals surface area contributed by atoms with E-state index in [1.807, 2.05) is 0 Å². The predicted molar refractivity (Wildman–Crippen MR) is 80.1 cm³/mol. The highest BCUT2D eigenvalue weighted by atomic mass is 31.2. The second kappa shape index (κ2) is 7.20. The van der Waals surface area contributed by atoms with E-state index < -0.39 is 12.5 Å². The Labute approximate surface area is 128 Å². The van der Waals surface area contributed by atoms with Crippen molar-refractivity contribution in [1.29, 1.82) is 0 Å². The van der Waals surface area contributed by atoms with Crippen molar-refractivity contribution in [2.24, 2.45) is 5.92 Å². The van der Waals surface area contributed by atoms with Crippen LogP contribution in [0.5, 0.6) is 5.75 Å². The molecular formula is C14H19FNO5P. The van der Waals surface area contributed by atoms with Gasteiger partial charge in [0, 0.05) is 18.8 Å². The molecule has 22 heavy (non-hydrogen) atoms. The summed E-state index contributed by atoms with van der Waals surface area (Å²) < 4.78 is 35.8. The van der Waals surface area contributed by atoms with Crippen LogP contribution in [0.15, 0.2) is 24.3 Å². The fourth-order valence-corrected chi connectivity index (χ4v) is 3.80. The third-order valence-electron chi connectivity index (χ3n) is 3.67. The number of nitrogens with zero attached hydrogens (tertiary/aromatic N) is 1. The summed E-state index contributed by atoms with van der Waals surface area (Å²) in [5.74, 6) is 0.334. The highest BCUT2D eigenvalue weighted by molar-refractivity contribution is 7.53. The SMILES string of the molecule is CP(=O)(Oc1ccc([N+](=O)[O-])cc1)OC1CCC(CF)CC1. The van der Waals surface area contributed by atoms with E-state index in [1.54, 1.807) is 0 Å². The second-order valence-electron chi connectivity index (χ2n) is 5.52. The number of non-ortho nitro benzene ring substituents is 1. The molecule has 0 N–H and O–H groups in total. The second-order valence-corrected chi connectivity index (χ2v) is 7.45. The molecule has 2 rings (SSSR count). The molecule has 8 heteroatoms. The predicted octanol–water partition coefficient (Wildman–Crippen LogP) is 4.34. The number of nitro benzene ring substituents is 1. The lowest BCUT2D eigenvalue weighted by atomic mass is 9.88. The van der Waals surface area contributed by atoms with Crippen molar-refractivity contribution in [3.8, 4) is 5.75 Å². The first-order chi connectivity index (χ1) is 10.4. The van der Waals surface area contributed by atoms with Gasteiger partial charge in [0.15, 0.2) is 0 Å². The Kier molecular flexibility index (Phi) is 5.53. The Balaban J connectivity index is 1.90. The van der Waals surface area contributed by atoms with Crippen molar-refractivity contribution in [2.75, 3.05) is 13.3 Å². The molecule has 1 atom stereocenters. The molecule has 6 nitrogen and oxygen atoms in total. The molecule has 1 aromatic rings. The number of hydrogen-bond acceptors (Lipinski definition) is 5. The molecule has 0 aliphatic heterocycles. The smallest absolute Gasteiger partial charge is 0.376 e. The van der Waals surface area contributed by atoms with Crippen LogP contribution in [0.25, 0.3) is 0 Å². The maximum atomic E-state index is 12.6. The van der Waals surface area contributed by atoms with Gasteiger partial charge in [-0.15, -0.1) is 0 Å². The molecule has 0 spiro atoms. The monoisotopic (exact) mass is 331 g/mol. The number of nitro groups is 1. The van der Waals surface area contributed by atoms with E-state index in [0.29, 0.717) is 12.8 Å². The van der Waals surface area contributed by atoms with E-state index in [0.717, 1.165) is 12.8 Å². The highest BCUT2D eigenvalue weighted by Crippen LogP contribution is 2.48. The van der Waals surface area contributed by atoms with Crippen LogP contribution in [0.1, 0.15) is 25.7 Å². The number of alkyl halides is 1. The summed E-state index contributed by atoms with van der Waals surface area (Å²) in [6, 6.07) is 5.33. The zero-order valence-electron chi connectivity index (χ0n) is 12.3. The molecule has 0 bridgehead atoms. The van der Waals surface area contributed by atoms with Crippen LogP contribution < -0.4 is 4.52 Å². The van der Waals surface area contributed by atoms with Crippen LogP contribution >= 0.6 is 7.60 Å². The quantitative estimate of drug-likeness (QED) is 0.440. The van der Waals surface area contributed by atoms with Crippen LogP contribution in [0.2, 0.25) is 0 Å². The Hall–Kier alpha value is -1.46. The van der Waals surface area contributed by atoms with E-state index >= 15 is 0 Å². The third-order valence-corrected chi connectivity index (χ3v) is 4.89. The van der Waals surface area contributed by atoms with E-state index in [4.69, 9.17) is 9.05 Å². The number of hydrogen-bond donors (Lipinski definition) is 0. The fraction of sp³-hybridized carbons (Fsp3) is 0.571. The number of halogens is 1. The lowest BCUT2D eigenvalue weighted by Crippen LogP contribution is -2.22. The molecule has 1 fully saturated rings. The minimum Gasteiger partial charge on any atom is -0.425 e. The van der Waals surface area contributed by atoms with E-state index in [9.17, 15) is 19.1 Å². The summed E-state index contributed by atoms with van der Waals surface area (Å²) in [6.45, 7) is 1.05. The molecular weight excluding hydrogens is 312 g/mol. The Morgan fingerprint density at radius 2 is 1.86 bits per heavy atom. The minimum atomic E-state index is -3.31. The molecule has 1 saturated carbocycles. The number of rotatable bonds is 6. The van der Waals surface area contributed by atoms with Crippen LogP contribution in [0.4, 0.5) is 10.1 Å². The zero-order valence-corrected chi connectivity index (χ0v) is 13.2. The maximum absolute atomic E-state index is 12.6. The molecule has 1 unspecified atom stereocenters. The van der Waals surface area contributed by atoms with Crippen LogP contribution in [0.3, 0.4) is 0 Å². The molecule has 1 aliphatic rings. The molecule has 0 saturated heterocycles. The van der Waals surface area contributed by atoms with Crippen LogP contribution in [0, 0.1) is 16.0 Å². The average molecular weight is 331 g/mol. The van der Waals surface area contributed by atoms with Crippen molar-refractivity contribution in [3.63, 3.8) is 0 Å². The van der Waals surface area contributed by atoms with Gasteiger partial charge in [-0.2, -0.15) is 0 Å². The topological polar surface area (TPSA) is 78.7 Å². The summed E-state index contributed by atoms with van der Waals surface area (Å²) in [5.41, 5.74) is -0.0660. The Morgan fingerprint density at radius 3 is 2.36 bits per heavy atom. The van der Waals surface area contributed by atoms with E-state index in [2.05, 4.69) is 0 Å². The normalized spacial score (nSPS) is 24.5. The lowest BCUT2D eigenvalue weighted by molar-refractivity contribution is -0.384. The molecule has 0 heterocycles. The highest BCUT2D eigenvalue weighted by Gasteiger charge is 2.29. The maximum Gasteiger partial charge on any atom is 0.376 e. The van der Waals surface area contributed by atoms with Gasteiger partial charge in [-0.1, -0.05) is 0 Å². The van der Waals surface area contributed by atoms with Gasteiger partial charge in [0.2, 0.25) is 0 Å². The van der Waals surface area contributed by atoms with Crippen molar-refractivity contribution in [1.82, 2.24) is 0 Å². The van der Waals surface area contributed by atoms with E-state index in [1.165, 1.54) is 30.9 Å². The molecule has 1 aliphatic carbocycles. The first-order valence-electron chi connectivity index (χ1n) is 7.15. The first-order valence-corrected chi connectivity index (χ1v) is 9.14. The van der Waals surface area contributed by atoms with Gasteiger partial charge in [0.25, 0.3) is 5.69 Å². The summed E-state index contributed by atoms with van der Waals surface area (Å²) in [6.07, 6.45) is 2.57. The third kappa shape index (κ3) is 4.78. The Morgan fingerprint density at radius 1 is 1.27 bits per heavy atom. The van der Waals surface area contributed by atoms with Gasteiger partial charge >= 0.3 is 7.60 Å². The summed E-state index contributed by atoms with van der Waals surface area (Å²) in [7, 11) is -3.31. The summed E-state index contributed by atoms with van der Waals surface area (Å²) >= 11 is 0. The van der Waals surface area contributed by atoms with Crippen molar-refractivity contribution < 1.29 is 22.9 Å². The van der Waals surface area contributed by atoms with Crippen molar-refractivity contribution in [3.05, 3.63) is 34.4 Å². The van der Waals surface area contributed by atoms with Gasteiger partial charge < -0.3 is 4.52 Å². The molecule has 0 aromatic heterocycles. The largest absolute Gasteiger partial charge is 0.425 e. The summed E-state index contributed by atoms with van der Waals surface area (Å²) in [5, 5.41) is 10.6. The van der Waals surface area contributed by atoms with Gasteiger partial charge in [-0.05, 0) is 43.7 Å². The summed E-state index contributed by atoms with van der Waals surface area (Å²) in [4.78, 5) is 10.1. The van der Waals surface area contributed by atoms with E-state index in [-0.39, 0.29) is 30.1 Å². The standard InChI is InChI=1S/C14H19FNO5P/c1-22(19,20-13-6-2-11(10-15)3-7-13)21-14-8-4-12(5-9-14)16(17)18/h4-5,8-9,11,13H,2-3,6-7,10H2,1H3. The average Bonchev–Trinajstić information content (AvgIpc) is 2.47. The van der Waals surface area contributed by atoms with Gasteiger partial charge in [-0.25, -0.2) is 4.57 Å². The van der Waals surface area contributed by atoms with Crippen molar-refractivity contribution >= 4 is 13.3 Å². The van der Waals surface area contributed by atoms with Crippen LogP contribution in [-0.2, 0) is 9.09 Å². The zero-order chi connectivity index (χ0) is 16.2. The Bertz CT molecular complexity index is 557. The lowest BCUT2D eigenvalue weighted by Gasteiger charge is -2.28. The molecule has 0 radical (unpaired) electrons. The fourth-order valence-electron chi connectivity index (χ4n) is 2.50. The van der Waals surface area contributed by atoms with Gasteiger partial charge in [0.1, 0.15) is 5.75 Å². The number of benzene rings is 1. The molecule has 122 valence electrons. The minimum absolute atomic E-state index is 0.0660. The molecule has 1 aromatic carbocycles. The van der Waals surface area contributed by atoms with Crippen molar-refractivity contribution in [2.45, 2.75) is 31.8 Å². The van der Waals surface area contributed by atoms with Crippen LogP contribution in [-0.4, -0.2) is 24.4 Å². The molecule has 0 amide bonds. The first kappa shape index (κ1) is 16.9. The van der Waals surface area contributed by atoms with Gasteiger partial charge in [-0.3, -0.25) is 19.0 Å². The van der Waals surface area contributed by atoms with Gasteiger partial charge in [0.05, 0.1) is 17.7 Å².